The van der Waals surface area contributed by atoms with Crippen LogP contribution in [0.1, 0.15) is 21.7 Å². The van der Waals surface area contributed by atoms with Crippen LogP contribution in [0, 0.1) is 13.8 Å². The van der Waals surface area contributed by atoms with E-state index in [2.05, 4.69) is 14.9 Å². The molecular weight excluding hydrogens is 338 g/mol. The molecule has 0 bridgehead atoms. The fraction of sp³-hybridized carbons (Fsp3) is 0.286. The molecule has 27 heavy (non-hydrogen) atoms. The van der Waals surface area contributed by atoms with Gasteiger partial charge in [0.25, 0.3) is 5.91 Å². The van der Waals surface area contributed by atoms with Crippen LogP contribution >= 0.6 is 0 Å². The van der Waals surface area contributed by atoms with Crippen molar-refractivity contribution in [2.45, 2.75) is 13.8 Å². The molecule has 1 aliphatic rings. The number of nitrogens with zero attached hydrogens (tertiary/aromatic N) is 5. The Balaban J connectivity index is 1.48. The summed E-state index contributed by atoms with van der Waals surface area (Å²) in [5.74, 6) is 2.63. The number of aryl methyl sites for hydroxylation is 2. The molecule has 3 heterocycles. The van der Waals surface area contributed by atoms with Crippen molar-refractivity contribution < 1.29 is 4.79 Å². The smallest absolute Gasteiger partial charge is 0.254 e. The summed E-state index contributed by atoms with van der Waals surface area (Å²) in [6, 6.07) is 13.7. The first-order chi connectivity index (χ1) is 13.1. The average molecular weight is 361 g/mol. The number of anilines is 1. The molecule has 0 radical (unpaired) electrons. The topological polar surface area (TPSA) is 54.3 Å². The Hall–Kier alpha value is -3.15. The number of hydrogen-bond acceptors (Lipinski definition) is 4. The van der Waals surface area contributed by atoms with Crippen LogP contribution in [-0.2, 0) is 0 Å². The van der Waals surface area contributed by atoms with E-state index in [0.29, 0.717) is 13.1 Å². The van der Waals surface area contributed by atoms with E-state index in [-0.39, 0.29) is 5.91 Å². The first-order valence-electron chi connectivity index (χ1n) is 9.21. The lowest BCUT2D eigenvalue weighted by atomic mass is 10.1. The predicted molar refractivity (Wildman–Crippen MR) is 105 cm³/mol. The van der Waals surface area contributed by atoms with Gasteiger partial charge in [0.1, 0.15) is 17.5 Å². The second-order valence-electron chi connectivity index (χ2n) is 6.82. The Kier molecular flexibility index (Phi) is 4.62. The summed E-state index contributed by atoms with van der Waals surface area (Å²) >= 11 is 0. The molecule has 0 unspecified atom stereocenters. The summed E-state index contributed by atoms with van der Waals surface area (Å²) in [7, 11) is 0. The molecule has 0 N–H and O–H groups in total. The van der Waals surface area contributed by atoms with E-state index in [1.54, 1.807) is 0 Å². The number of aromatic nitrogens is 3. The maximum atomic E-state index is 12.8. The van der Waals surface area contributed by atoms with Gasteiger partial charge in [-0.2, -0.15) is 0 Å². The minimum Gasteiger partial charge on any atom is -0.353 e. The van der Waals surface area contributed by atoms with E-state index in [9.17, 15) is 4.79 Å². The highest BCUT2D eigenvalue weighted by Gasteiger charge is 2.24. The standard InChI is InChI=1S/C21H23N5O/c1-16-7-3-4-8-18(16)21(27)26-13-11-25(12-14-26)20-15-19(22-17(2)23-20)24-9-5-6-10-24/h3-10,15H,11-14H2,1-2H3. The van der Waals surface area contributed by atoms with Crippen molar-refractivity contribution in [1.29, 1.82) is 0 Å². The van der Waals surface area contributed by atoms with Crippen LogP contribution in [0.5, 0.6) is 0 Å². The van der Waals surface area contributed by atoms with Crippen LogP contribution in [0.2, 0.25) is 0 Å². The van der Waals surface area contributed by atoms with Crippen LogP contribution in [0.4, 0.5) is 5.82 Å². The third-order valence-corrected chi connectivity index (χ3v) is 4.95. The van der Waals surface area contributed by atoms with Gasteiger partial charge in [-0.25, -0.2) is 9.97 Å². The third kappa shape index (κ3) is 3.56. The number of rotatable bonds is 3. The summed E-state index contributed by atoms with van der Waals surface area (Å²) in [5, 5.41) is 0. The van der Waals surface area contributed by atoms with Crippen molar-refractivity contribution in [3.63, 3.8) is 0 Å². The van der Waals surface area contributed by atoms with Gasteiger partial charge in [-0.3, -0.25) is 4.79 Å². The number of hydrogen-bond donors (Lipinski definition) is 0. The summed E-state index contributed by atoms with van der Waals surface area (Å²) in [5.41, 5.74) is 1.81. The van der Waals surface area contributed by atoms with Crippen molar-refractivity contribution >= 4 is 11.7 Å². The Morgan fingerprint density at radius 2 is 1.56 bits per heavy atom. The highest BCUT2D eigenvalue weighted by Crippen LogP contribution is 2.19. The van der Waals surface area contributed by atoms with Gasteiger partial charge < -0.3 is 14.4 Å². The quantitative estimate of drug-likeness (QED) is 0.720. The van der Waals surface area contributed by atoms with Gasteiger partial charge >= 0.3 is 0 Å². The summed E-state index contributed by atoms with van der Waals surface area (Å²) in [6.07, 6.45) is 3.95. The number of benzene rings is 1. The summed E-state index contributed by atoms with van der Waals surface area (Å²) < 4.78 is 1.98. The zero-order valence-electron chi connectivity index (χ0n) is 15.7. The first kappa shape index (κ1) is 17.3. The van der Waals surface area contributed by atoms with Crippen molar-refractivity contribution in [3.8, 4) is 5.82 Å². The molecule has 4 rings (SSSR count). The molecule has 138 valence electrons. The largest absolute Gasteiger partial charge is 0.353 e. The Morgan fingerprint density at radius 3 is 2.26 bits per heavy atom. The van der Waals surface area contributed by atoms with Gasteiger partial charge in [0.2, 0.25) is 0 Å². The highest BCUT2D eigenvalue weighted by atomic mass is 16.2. The monoisotopic (exact) mass is 361 g/mol. The lowest BCUT2D eigenvalue weighted by molar-refractivity contribution is 0.0745. The average Bonchev–Trinajstić information content (AvgIpc) is 3.22. The SMILES string of the molecule is Cc1nc(N2CCN(C(=O)c3ccccc3C)CC2)cc(-n2cccc2)n1. The van der Waals surface area contributed by atoms with E-state index in [0.717, 1.165) is 41.7 Å². The maximum Gasteiger partial charge on any atom is 0.254 e. The van der Waals surface area contributed by atoms with Crippen LogP contribution < -0.4 is 4.90 Å². The van der Waals surface area contributed by atoms with Crippen molar-refractivity contribution in [2.24, 2.45) is 0 Å². The molecule has 1 fully saturated rings. The Morgan fingerprint density at radius 1 is 0.889 bits per heavy atom. The van der Waals surface area contributed by atoms with Gasteiger partial charge in [0.15, 0.2) is 0 Å². The molecule has 0 spiro atoms. The first-order valence-corrected chi connectivity index (χ1v) is 9.21. The second-order valence-corrected chi connectivity index (χ2v) is 6.82. The Labute approximate surface area is 159 Å². The van der Waals surface area contributed by atoms with Crippen molar-refractivity contribution in [1.82, 2.24) is 19.4 Å². The fourth-order valence-electron chi connectivity index (χ4n) is 3.44. The minimum atomic E-state index is 0.111. The number of carbonyl (C=O) groups excluding carboxylic acids is 1. The van der Waals surface area contributed by atoms with Crippen LogP contribution in [0.15, 0.2) is 54.9 Å². The molecule has 0 atom stereocenters. The molecule has 3 aromatic rings. The minimum absolute atomic E-state index is 0.111. The van der Waals surface area contributed by atoms with Gasteiger partial charge in [0.05, 0.1) is 0 Å². The molecule has 6 nitrogen and oxygen atoms in total. The molecule has 0 aliphatic carbocycles. The number of amides is 1. The van der Waals surface area contributed by atoms with Crippen LogP contribution in [0.3, 0.4) is 0 Å². The molecule has 2 aromatic heterocycles. The van der Waals surface area contributed by atoms with E-state index in [4.69, 9.17) is 0 Å². The second kappa shape index (κ2) is 7.23. The molecule has 1 saturated heterocycles. The van der Waals surface area contributed by atoms with E-state index < -0.39 is 0 Å². The normalized spacial score (nSPS) is 14.4. The molecule has 1 amide bonds. The van der Waals surface area contributed by atoms with Gasteiger partial charge in [-0.1, -0.05) is 18.2 Å². The lowest BCUT2D eigenvalue weighted by Gasteiger charge is -2.35. The molecule has 1 aliphatic heterocycles. The third-order valence-electron chi connectivity index (χ3n) is 4.95. The predicted octanol–water partition coefficient (Wildman–Crippen LogP) is 2.85. The van der Waals surface area contributed by atoms with Gasteiger partial charge in [-0.05, 0) is 37.6 Å². The Bertz CT molecular complexity index is 943. The van der Waals surface area contributed by atoms with Gasteiger partial charge in [-0.15, -0.1) is 0 Å². The van der Waals surface area contributed by atoms with Crippen molar-refractivity contribution in [2.75, 3.05) is 31.1 Å². The van der Waals surface area contributed by atoms with Crippen LogP contribution in [-0.4, -0.2) is 51.5 Å². The maximum absolute atomic E-state index is 12.8. The fourth-order valence-corrected chi connectivity index (χ4v) is 3.44. The number of piperazine rings is 1. The van der Waals surface area contributed by atoms with E-state index in [1.165, 1.54) is 0 Å². The molecule has 6 heteroatoms. The van der Waals surface area contributed by atoms with Crippen molar-refractivity contribution in [3.05, 3.63) is 71.8 Å². The van der Waals surface area contributed by atoms with E-state index in [1.807, 2.05) is 78.2 Å². The molecule has 1 aromatic carbocycles. The summed E-state index contributed by atoms with van der Waals surface area (Å²) in [4.78, 5) is 26.1. The zero-order valence-corrected chi connectivity index (χ0v) is 15.7. The highest BCUT2D eigenvalue weighted by molar-refractivity contribution is 5.95. The zero-order chi connectivity index (χ0) is 18.8. The van der Waals surface area contributed by atoms with E-state index >= 15 is 0 Å². The van der Waals surface area contributed by atoms with Crippen LogP contribution in [0.25, 0.3) is 5.82 Å². The molecular formula is C21H23N5O. The number of carbonyl (C=O) groups is 1. The lowest BCUT2D eigenvalue weighted by Crippen LogP contribution is -2.49. The summed E-state index contributed by atoms with van der Waals surface area (Å²) in [6.45, 7) is 6.80. The van der Waals surface area contributed by atoms with Gasteiger partial charge in [0, 0.05) is 50.2 Å². The molecule has 0 saturated carbocycles.